The zero-order valence-corrected chi connectivity index (χ0v) is 7.33. The van der Waals surface area contributed by atoms with Gasteiger partial charge < -0.3 is 0 Å². The van der Waals surface area contributed by atoms with E-state index in [1.54, 1.807) is 0 Å². The summed E-state index contributed by atoms with van der Waals surface area (Å²) in [6.07, 6.45) is 7.47. The van der Waals surface area contributed by atoms with Gasteiger partial charge in [0.1, 0.15) is 0 Å². The van der Waals surface area contributed by atoms with Crippen molar-refractivity contribution in [2.45, 2.75) is 6.42 Å². The van der Waals surface area contributed by atoms with Crippen molar-refractivity contribution in [2.24, 2.45) is 0 Å². The molecule has 0 N–H and O–H groups in total. The summed E-state index contributed by atoms with van der Waals surface area (Å²) < 4.78 is 5.13. The van der Waals surface area contributed by atoms with Crippen molar-refractivity contribution >= 4 is 11.9 Å². The van der Waals surface area contributed by atoms with Gasteiger partial charge in [-0.1, -0.05) is 0 Å². The quantitative estimate of drug-likeness (QED) is 0.558. The molecule has 0 aromatic heterocycles. The van der Waals surface area contributed by atoms with Crippen molar-refractivity contribution in [3.63, 3.8) is 0 Å². The standard InChI is InChI=1S/C5H5.CH3ClO.V/c1-2-4-5-3-1;1-3-2;/h1-3H,4H2;1H3;. The number of allylic oxidation sites excluding steroid dienone is 4. The summed E-state index contributed by atoms with van der Waals surface area (Å²) in [5.41, 5.74) is 0. The van der Waals surface area contributed by atoms with Crippen LogP contribution < -0.4 is 0 Å². The molecule has 0 aromatic rings. The molecule has 0 bridgehead atoms. The summed E-state index contributed by atoms with van der Waals surface area (Å²) in [4.78, 5) is 0. The Kier molecular flexibility index (Phi) is 6.66. The van der Waals surface area contributed by atoms with Crippen LogP contribution in [0, 0.1) is 0 Å². The van der Waals surface area contributed by atoms with Gasteiger partial charge in [0.25, 0.3) is 0 Å². The Balaban J connectivity index is 0.000000187. The molecule has 0 aromatic carbocycles. The van der Waals surface area contributed by atoms with Gasteiger partial charge in [0.05, 0.1) is 19.0 Å². The van der Waals surface area contributed by atoms with Crippen molar-refractivity contribution in [3.8, 4) is 0 Å². The zero-order chi connectivity index (χ0) is 7.11. The van der Waals surface area contributed by atoms with Gasteiger partial charge >= 0.3 is 46.4 Å². The fraction of sp³-hybridized carbons (Fsp3) is 0.333. The van der Waals surface area contributed by atoms with E-state index in [0.29, 0.717) is 0 Å². The van der Waals surface area contributed by atoms with Crippen LogP contribution in [0.15, 0.2) is 22.5 Å². The van der Waals surface area contributed by atoms with Gasteiger partial charge in [-0.2, -0.15) is 0 Å². The third kappa shape index (κ3) is 6.20. The zero-order valence-electron chi connectivity index (χ0n) is 5.17. The van der Waals surface area contributed by atoms with Crippen LogP contribution >= 0.6 is 11.9 Å². The molecule has 1 aliphatic carbocycles. The van der Waals surface area contributed by atoms with Crippen LogP contribution in [-0.2, 0) is 21.7 Å². The molecule has 0 aliphatic heterocycles. The van der Waals surface area contributed by atoms with Crippen LogP contribution in [0.4, 0.5) is 0 Å². The Hall–Kier alpha value is 0.314. The molecule has 0 heterocycles. The molecule has 50 valence electrons. The molecule has 0 fully saturated rings. The minimum atomic E-state index is 1.14. The second-order valence-corrected chi connectivity index (χ2v) is 2.65. The maximum absolute atomic E-state index is 4.50. The third-order valence-corrected chi connectivity index (χ3v) is 1.27. The predicted octanol–water partition coefficient (Wildman–Crippen LogP) is 2.16. The second-order valence-electron chi connectivity index (χ2n) is 1.44. The molecule has 1 rings (SSSR count). The average molecular weight is 183 g/mol. The Morgan fingerprint density at radius 3 is 2.44 bits per heavy atom. The Bertz CT molecular complexity index is 120. The second kappa shape index (κ2) is 6.43. The first kappa shape index (κ1) is 9.31. The molecular formula is C6H8ClOV. The van der Waals surface area contributed by atoms with Gasteiger partial charge in [-0.15, -0.1) is 0 Å². The van der Waals surface area contributed by atoms with E-state index >= 15 is 0 Å². The monoisotopic (exact) mass is 182 g/mol. The summed E-state index contributed by atoms with van der Waals surface area (Å²) >= 11 is 7.04. The van der Waals surface area contributed by atoms with Crippen LogP contribution in [0.5, 0.6) is 0 Å². The molecule has 0 atom stereocenters. The van der Waals surface area contributed by atoms with Crippen molar-refractivity contribution < 1.29 is 21.7 Å². The molecule has 1 nitrogen and oxygen atoms in total. The van der Waals surface area contributed by atoms with Crippen LogP contribution in [0.3, 0.4) is 0 Å². The summed E-state index contributed by atoms with van der Waals surface area (Å²) in [5, 5.41) is 0. The fourth-order valence-electron chi connectivity index (χ4n) is 0.436. The molecule has 0 spiro atoms. The SMILES string of the molecule is COCl.[V][C]1=CC=CC1. The van der Waals surface area contributed by atoms with Crippen molar-refractivity contribution in [3.05, 3.63) is 22.5 Å². The van der Waals surface area contributed by atoms with E-state index in [0.717, 1.165) is 6.42 Å². The first-order chi connectivity index (χ1) is 4.31. The summed E-state index contributed by atoms with van der Waals surface area (Å²) in [6.45, 7) is 0. The summed E-state index contributed by atoms with van der Waals surface area (Å²) in [6, 6.07) is 0. The molecule has 3 heteroatoms. The molecule has 0 amide bonds. The molecular weight excluding hydrogens is 174 g/mol. The van der Waals surface area contributed by atoms with Crippen molar-refractivity contribution in [2.75, 3.05) is 7.11 Å². The van der Waals surface area contributed by atoms with Crippen LogP contribution in [0.2, 0.25) is 0 Å². The van der Waals surface area contributed by atoms with Gasteiger partial charge in [0.15, 0.2) is 0 Å². The van der Waals surface area contributed by atoms with E-state index in [-0.39, 0.29) is 0 Å². The number of rotatable bonds is 0. The molecule has 9 heavy (non-hydrogen) atoms. The van der Waals surface area contributed by atoms with Crippen molar-refractivity contribution in [1.82, 2.24) is 0 Å². The first-order valence-corrected chi connectivity index (χ1v) is 3.51. The molecule has 0 unspecified atom stereocenters. The minimum absolute atomic E-state index is 1.14. The first-order valence-electron chi connectivity index (χ1n) is 2.50. The van der Waals surface area contributed by atoms with Crippen LogP contribution in [-0.4, -0.2) is 7.11 Å². The van der Waals surface area contributed by atoms with Gasteiger partial charge in [-0.3, -0.25) is 4.29 Å². The van der Waals surface area contributed by atoms with Gasteiger partial charge in [-0.25, -0.2) is 0 Å². The fourth-order valence-corrected chi connectivity index (χ4v) is 0.735. The molecule has 0 radical (unpaired) electrons. The predicted molar refractivity (Wildman–Crippen MR) is 34.7 cm³/mol. The molecule has 1 aliphatic rings. The Labute approximate surface area is 69.9 Å². The maximum atomic E-state index is 4.50. The van der Waals surface area contributed by atoms with E-state index < -0.39 is 0 Å². The van der Waals surface area contributed by atoms with E-state index in [1.807, 2.05) is 0 Å². The van der Waals surface area contributed by atoms with Gasteiger partial charge in [-0.05, 0) is 0 Å². The summed E-state index contributed by atoms with van der Waals surface area (Å²) in [5.74, 6) is 0. The van der Waals surface area contributed by atoms with Crippen molar-refractivity contribution in [1.29, 1.82) is 0 Å². The normalized spacial score (nSPS) is 14.2. The van der Waals surface area contributed by atoms with E-state index in [2.05, 4.69) is 51.8 Å². The topological polar surface area (TPSA) is 9.23 Å². The van der Waals surface area contributed by atoms with E-state index in [1.165, 1.54) is 11.4 Å². The number of hydrogen-bond donors (Lipinski definition) is 0. The Morgan fingerprint density at radius 1 is 1.78 bits per heavy atom. The molecule has 0 saturated carbocycles. The van der Waals surface area contributed by atoms with Crippen LogP contribution in [0.1, 0.15) is 6.42 Å². The van der Waals surface area contributed by atoms with Gasteiger partial charge in [0, 0.05) is 0 Å². The van der Waals surface area contributed by atoms with E-state index in [9.17, 15) is 0 Å². The number of hydrogen-bond acceptors (Lipinski definition) is 1. The van der Waals surface area contributed by atoms with Gasteiger partial charge in [0.2, 0.25) is 0 Å². The third-order valence-electron chi connectivity index (χ3n) is 0.752. The number of halogens is 1. The van der Waals surface area contributed by atoms with E-state index in [4.69, 9.17) is 0 Å². The summed E-state index contributed by atoms with van der Waals surface area (Å²) in [7, 11) is 1.39. The Morgan fingerprint density at radius 2 is 2.33 bits per heavy atom. The average Bonchev–Trinajstić information content (AvgIpc) is 2.20. The molecule has 0 saturated heterocycles. The van der Waals surface area contributed by atoms with Crippen LogP contribution in [0.25, 0.3) is 0 Å².